The zero-order valence-electron chi connectivity index (χ0n) is 18.9. The molecule has 178 valence electrons. The predicted molar refractivity (Wildman–Crippen MR) is 123 cm³/mol. The molecule has 33 heavy (non-hydrogen) atoms. The second kappa shape index (κ2) is 10.1. The zero-order valence-corrected chi connectivity index (χ0v) is 19.7. The average molecular weight is 475 g/mol. The third-order valence-corrected chi connectivity index (χ3v) is 7.17. The molecular formula is C24H30N2O6S. The Labute approximate surface area is 194 Å². The number of hydrogen-bond acceptors (Lipinski definition) is 6. The number of ether oxygens (including phenoxy) is 3. The molecule has 2 N–H and O–H groups in total. The smallest absolute Gasteiger partial charge is 0.251 e. The molecule has 2 aliphatic heterocycles. The van der Waals surface area contributed by atoms with Crippen molar-refractivity contribution in [3.8, 4) is 11.5 Å². The number of benzene rings is 2. The monoisotopic (exact) mass is 474 g/mol. The van der Waals surface area contributed by atoms with Gasteiger partial charge in [0.2, 0.25) is 10.0 Å². The van der Waals surface area contributed by atoms with Crippen LogP contribution in [0.4, 0.5) is 0 Å². The maximum absolute atomic E-state index is 12.8. The van der Waals surface area contributed by atoms with Crippen molar-refractivity contribution in [1.29, 1.82) is 0 Å². The number of rotatable bonds is 9. The number of fused-ring (bicyclic) bond motifs is 1. The molecule has 2 atom stereocenters. The molecule has 8 nitrogen and oxygen atoms in total. The molecule has 0 radical (unpaired) electrons. The summed E-state index contributed by atoms with van der Waals surface area (Å²) in [5.41, 5.74) is 2.16. The van der Waals surface area contributed by atoms with E-state index in [2.05, 4.69) is 10.0 Å². The van der Waals surface area contributed by atoms with Crippen LogP contribution in [-0.4, -0.2) is 46.3 Å². The van der Waals surface area contributed by atoms with Crippen molar-refractivity contribution >= 4 is 15.9 Å². The molecule has 0 saturated carbocycles. The Balaban J connectivity index is 1.43. The van der Waals surface area contributed by atoms with Crippen LogP contribution in [0.1, 0.15) is 48.2 Å². The van der Waals surface area contributed by atoms with Crippen LogP contribution >= 0.6 is 0 Å². The number of nitrogens with one attached hydrogen (secondary N) is 2. The second-order valence-corrected chi connectivity index (χ2v) is 10.1. The predicted octanol–water partition coefficient (Wildman–Crippen LogP) is 2.80. The van der Waals surface area contributed by atoms with Crippen LogP contribution in [0.25, 0.3) is 0 Å². The van der Waals surface area contributed by atoms with E-state index in [1.165, 1.54) is 12.1 Å². The van der Waals surface area contributed by atoms with Gasteiger partial charge in [-0.05, 0) is 57.0 Å². The van der Waals surface area contributed by atoms with Crippen LogP contribution in [0.2, 0.25) is 0 Å². The summed E-state index contributed by atoms with van der Waals surface area (Å²) in [6.45, 7) is 5.54. The molecule has 0 bridgehead atoms. The molecule has 2 aromatic carbocycles. The van der Waals surface area contributed by atoms with Crippen LogP contribution in [-0.2, 0) is 27.7 Å². The van der Waals surface area contributed by atoms with Gasteiger partial charge in [0.1, 0.15) is 17.6 Å². The van der Waals surface area contributed by atoms with E-state index in [1.807, 2.05) is 26.0 Å². The summed E-state index contributed by atoms with van der Waals surface area (Å²) < 4.78 is 45.0. The Bertz CT molecular complexity index is 1110. The topological polar surface area (TPSA) is 103 Å². The first-order chi connectivity index (χ1) is 15.9. The first-order valence-electron chi connectivity index (χ1n) is 11.3. The first-order valence-corrected chi connectivity index (χ1v) is 12.8. The van der Waals surface area contributed by atoms with Gasteiger partial charge in [-0.2, -0.15) is 0 Å². The molecule has 1 saturated heterocycles. The number of amides is 1. The summed E-state index contributed by atoms with van der Waals surface area (Å²) in [6, 6.07) is 9.87. The molecule has 0 aliphatic carbocycles. The summed E-state index contributed by atoms with van der Waals surface area (Å²) in [6.07, 6.45) is 2.59. The second-order valence-electron chi connectivity index (χ2n) is 8.33. The largest absolute Gasteiger partial charge is 0.494 e. The van der Waals surface area contributed by atoms with Gasteiger partial charge in [-0.3, -0.25) is 4.79 Å². The fourth-order valence-corrected chi connectivity index (χ4v) is 5.19. The molecule has 2 aliphatic rings. The fourth-order valence-electron chi connectivity index (χ4n) is 4.08. The number of sulfonamides is 1. The van der Waals surface area contributed by atoms with Gasteiger partial charge < -0.3 is 19.5 Å². The van der Waals surface area contributed by atoms with Crippen LogP contribution in [0, 0.1) is 0 Å². The van der Waals surface area contributed by atoms with Gasteiger partial charge in [-0.15, -0.1) is 0 Å². The molecule has 1 amide bonds. The lowest BCUT2D eigenvalue weighted by Gasteiger charge is -2.14. The molecule has 0 unspecified atom stereocenters. The molecule has 2 heterocycles. The van der Waals surface area contributed by atoms with E-state index < -0.39 is 10.0 Å². The molecule has 0 spiro atoms. The van der Waals surface area contributed by atoms with Crippen molar-refractivity contribution in [3.05, 3.63) is 53.1 Å². The van der Waals surface area contributed by atoms with E-state index in [9.17, 15) is 13.2 Å². The van der Waals surface area contributed by atoms with Gasteiger partial charge in [-0.1, -0.05) is 6.07 Å². The van der Waals surface area contributed by atoms with Crippen molar-refractivity contribution in [1.82, 2.24) is 10.0 Å². The highest BCUT2D eigenvalue weighted by molar-refractivity contribution is 7.89. The van der Waals surface area contributed by atoms with Gasteiger partial charge in [0.25, 0.3) is 5.91 Å². The van der Waals surface area contributed by atoms with Crippen molar-refractivity contribution in [3.63, 3.8) is 0 Å². The van der Waals surface area contributed by atoms with Gasteiger partial charge >= 0.3 is 0 Å². The van der Waals surface area contributed by atoms with Crippen LogP contribution < -0.4 is 19.5 Å². The number of carbonyl (C=O) groups excluding carboxylic acids is 1. The quantitative estimate of drug-likeness (QED) is 0.579. The minimum Gasteiger partial charge on any atom is -0.494 e. The Kier molecular flexibility index (Phi) is 7.21. The Hall–Kier alpha value is -2.62. The van der Waals surface area contributed by atoms with Crippen LogP contribution in [0.15, 0.2) is 41.3 Å². The van der Waals surface area contributed by atoms with E-state index in [0.717, 1.165) is 36.1 Å². The van der Waals surface area contributed by atoms with Crippen molar-refractivity contribution in [2.24, 2.45) is 0 Å². The Morgan fingerprint density at radius 2 is 2.09 bits per heavy atom. The lowest BCUT2D eigenvalue weighted by Crippen LogP contribution is -2.32. The summed E-state index contributed by atoms with van der Waals surface area (Å²) >= 11 is 0. The third kappa shape index (κ3) is 5.66. The molecule has 2 aromatic rings. The Morgan fingerprint density at radius 3 is 2.85 bits per heavy atom. The summed E-state index contributed by atoms with van der Waals surface area (Å²) in [4.78, 5) is 12.8. The maximum atomic E-state index is 12.8. The van der Waals surface area contributed by atoms with E-state index in [0.29, 0.717) is 19.0 Å². The molecule has 1 fully saturated rings. The van der Waals surface area contributed by atoms with Gasteiger partial charge in [0.05, 0.1) is 17.6 Å². The zero-order chi connectivity index (χ0) is 23.4. The fraction of sp³-hybridized carbons (Fsp3) is 0.458. The van der Waals surface area contributed by atoms with E-state index in [-0.39, 0.29) is 41.7 Å². The molecule has 9 heteroatoms. The summed E-state index contributed by atoms with van der Waals surface area (Å²) in [7, 11) is -3.74. The third-order valence-electron chi connectivity index (χ3n) is 5.75. The van der Waals surface area contributed by atoms with Crippen molar-refractivity contribution < 1.29 is 27.4 Å². The summed E-state index contributed by atoms with van der Waals surface area (Å²) in [5.74, 6) is 1.15. The number of carbonyl (C=O) groups is 1. The van der Waals surface area contributed by atoms with Crippen molar-refractivity contribution in [2.45, 2.75) is 56.8 Å². The van der Waals surface area contributed by atoms with E-state index in [1.54, 1.807) is 12.1 Å². The van der Waals surface area contributed by atoms with Gasteiger partial charge in [0, 0.05) is 42.8 Å². The number of hydrogen-bond donors (Lipinski definition) is 2. The van der Waals surface area contributed by atoms with E-state index in [4.69, 9.17) is 14.2 Å². The van der Waals surface area contributed by atoms with Gasteiger partial charge in [-0.25, -0.2) is 13.1 Å². The van der Waals surface area contributed by atoms with E-state index >= 15 is 0 Å². The standard InChI is InChI=1S/C24H30N2O6S/c1-3-30-22-12-18-10-16(2)32-23(18)13-19(22)14-25-24(27)17-6-4-8-21(11-17)33(28,29)26-15-20-7-5-9-31-20/h4,6,8,11-13,16,20,26H,3,5,7,9-10,14-15H2,1-2H3,(H,25,27)/t16-,20+/m0/s1. The average Bonchev–Trinajstić information content (AvgIpc) is 3.45. The normalized spacial score (nSPS) is 19.7. The van der Waals surface area contributed by atoms with Gasteiger partial charge in [0.15, 0.2) is 0 Å². The lowest BCUT2D eigenvalue weighted by molar-refractivity contribution is 0.0950. The lowest BCUT2D eigenvalue weighted by atomic mass is 10.1. The molecule has 4 rings (SSSR count). The van der Waals surface area contributed by atoms with Crippen molar-refractivity contribution in [2.75, 3.05) is 19.8 Å². The highest BCUT2D eigenvalue weighted by atomic mass is 32.2. The van der Waals surface area contributed by atoms with Crippen LogP contribution in [0.5, 0.6) is 11.5 Å². The maximum Gasteiger partial charge on any atom is 0.251 e. The minimum atomic E-state index is -3.74. The highest BCUT2D eigenvalue weighted by Gasteiger charge is 2.23. The molecular weight excluding hydrogens is 444 g/mol. The summed E-state index contributed by atoms with van der Waals surface area (Å²) in [5, 5.41) is 2.86. The Morgan fingerprint density at radius 1 is 1.24 bits per heavy atom. The molecule has 0 aromatic heterocycles. The first kappa shape index (κ1) is 23.5. The minimum absolute atomic E-state index is 0.0445. The SMILES string of the molecule is CCOc1cc2c(cc1CNC(=O)c1cccc(S(=O)(=O)NC[C@H]3CCCO3)c1)O[C@@H](C)C2. The highest BCUT2D eigenvalue weighted by Crippen LogP contribution is 2.35. The van der Waals surface area contributed by atoms with Crippen LogP contribution in [0.3, 0.4) is 0 Å².